The van der Waals surface area contributed by atoms with Gasteiger partial charge in [-0.1, -0.05) is 18.7 Å². The summed E-state index contributed by atoms with van der Waals surface area (Å²) in [7, 11) is 3.91. The molecule has 1 atom stereocenters. The molecule has 0 aliphatic heterocycles. The summed E-state index contributed by atoms with van der Waals surface area (Å²) in [5, 5.41) is 13.8. The van der Waals surface area contributed by atoms with Gasteiger partial charge in [0.15, 0.2) is 0 Å². The maximum absolute atomic E-state index is 12.4. The summed E-state index contributed by atoms with van der Waals surface area (Å²) in [4.78, 5) is 26.8. The Hall–Kier alpha value is -1.91. The Morgan fingerprint density at radius 2 is 2.14 bits per heavy atom. The first-order chi connectivity index (χ1) is 13.9. The van der Waals surface area contributed by atoms with Crippen molar-refractivity contribution in [2.24, 2.45) is 0 Å². The summed E-state index contributed by atoms with van der Waals surface area (Å²) in [6.07, 6.45) is 2.98. The number of amides is 1. The molecule has 8 nitrogen and oxygen atoms in total. The number of nitrogens with one attached hydrogen (secondary N) is 1. The molecule has 1 amide bonds. The standard InChI is InChI=1S/C19H26N4O4S2/c1-5-13(23(3)4)16-21-22-19(27-16)29-10-14(24)20-17-15(18(25)26-6-2)12(9-28-17)11-7-8-11/h9,11,13H,5-8,10H2,1-4H3,(H,20,24)/t13-/m1/s1. The first-order valence-corrected chi connectivity index (χ1v) is 11.5. The Bertz CT molecular complexity index is 860. The molecule has 1 N–H and O–H groups in total. The van der Waals surface area contributed by atoms with Crippen molar-refractivity contribution in [2.45, 2.75) is 50.3 Å². The third-order valence-corrected chi connectivity index (χ3v) is 6.35. The van der Waals surface area contributed by atoms with Gasteiger partial charge in [-0.2, -0.15) is 0 Å². The molecule has 1 aliphatic rings. The molecule has 2 aromatic rings. The van der Waals surface area contributed by atoms with Crippen molar-refractivity contribution >= 4 is 40.0 Å². The van der Waals surface area contributed by atoms with Crippen LogP contribution < -0.4 is 5.32 Å². The first kappa shape index (κ1) is 21.8. The molecule has 3 rings (SSSR count). The molecule has 1 saturated carbocycles. The number of carbonyl (C=O) groups excluding carboxylic acids is 2. The van der Waals surface area contributed by atoms with Crippen molar-refractivity contribution in [3.05, 3.63) is 22.4 Å². The number of thioether (sulfide) groups is 1. The van der Waals surface area contributed by atoms with E-state index in [2.05, 4.69) is 15.5 Å². The quantitative estimate of drug-likeness (QED) is 0.440. The van der Waals surface area contributed by atoms with E-state index in [-0.39, 0.29) is 23.7 Å². The average molecular weight is 439 g/mol. The van der Waals surface area contributed by atoms with Gasteiger partial charge in [-0.05, 0) is 57.1 Å². The second kappa shape index (κ2) is 9.73. The minimum absolute atomic E-state index is 0.0461. The van der Waals surface area contributed by atoms with E-state index in [4.69, 9.17) is 9.15 Å². The monoisotopic (exact) mass is 438 g/mol. The minimum Gasteiger partial charge on any atom is -0.462 e. The fourth-order valence-corrected chi connectivity index (χ4v) is 4.65. The molecule has 158 valence electrons. The zero-order chi connectivity index (χ0) is 21.0. The maximum Gasteiger partial charge on any atom is 0.341 e. The van der Waals surface area contributed by atoms with Crippen molar-refractivity contribution in [1.29, 1.82) is 0 Å². The second-order valence-corrected chi connectivity index (χ2v) is 8.83. The molecule has 29 heavy (non-hydrogen) atoms. The molecule has 0 saturated heterocycles. The summed E-state index contributed by atoms with van der Waals surface area (Å²) in [6.45, 7) is 4.12. The lowest BCUT2D eigenvalue weighted by Gasteiger charge is -2.18. The largest absolute Gasteiger partial charge is 0.462 e. The molecule has 0 aromatic carbocycles. The van der Waals surface area contributed by atoms with Crippen LogP contribution >= 0.6 is 23.1 Å². The summed E-state index contributed by atoms with van der Waals surface area (Å²) in [5.74, 6) is 0.431. The lowest BCUT2D eigenvalue weighted by atomic mass is 10.1. The van der Waals surface area contributed by atoms with E-state index in [1.807, 2.05) is 31.3 Å². The predicted molar refractivity (Wildman–Crippen MR) is 113 cm³/mol. The number of anilines is 1. The van der Waals surface area contributed by atoms with E-state index < -0.39 is 0 Å². The number of nitrogens with zero attached hydrogens (tertiary/aromatic N) is 3. The lowest BCUT2D eigenvalue weighted by Crippen LogP contribution is -2.19. The smallest absolute Gasteiger partial charge is 0.341 e. The number of thiophene rings is 1. The van der Waals surface area contributed by atoms with Crippen LogP contribution in [0.4, 0.5) is 5.00 Å². The van der Waals surface area contributed by atoms with E-state index in [0.717, 1.165) is 24.8 Å². The molecule has 1 aliphatic carbocycles. The highest BCUT2D eigenvalue weighted by atomic mass is 32.2. The Balaban J connectivity index is 1.62. The zero-order valence-corrected chi connectivity index (χ0v) is 18.7. The van der Waals surface area contributed by atoms with Gasteiger partial charge in [0.2, 0.25) is 11.8 Å². The third kappa shape index (κ3) is 5.37. The number of aromatic nitrogens is 2. The van der Waals surface area contributed by atoms with Gasteiger partial charge in [-0.25, -0.2) is 4.79 Å². The highest BCUT2D eigenvalue weighted by molar-refractivity contribution is 7.99. The van der Waals surface area contributed by atoms with Gasteiger partial charge in [0, 0.05) is 0 Å². The number of carbonyl (C=O) groups is 2. The van der Waals surface area contributed by atoms with Crippen molar-refractivity contribution in [3.63, 3.8) is 0 Å². The number of esters is 1. The first-order valence-electron chi connectivity index (χ1n) is 9.65. The van der Waals surface area contributed by atoms with E-state index in [0.29, 0.717) is 34.2 Å². The minimum atomic E-state index is -0.380. The number of hydrogen-bond acceptors (Lipinski definition) is 9. The molecule has 0 spiro atoms. The summed E-state index contributed by atoms with van der Waals surface area (Å²) in [6, 6.07) is 0.0461. The van der Waals surface area contributed by atoms with Crippen molar-refractivity contribution < 1.29 is 18.7 Å². The molecule has 2 aromatic heterocycles. The highest BCUT2D eigenvalue weighted by Gasteiger charge is 2.32. The van der Waals surface area contributed by atoms with Crippen molar-refractivity contribution in [2.75, 3.05) is 31.8 Å². The van der Waals surface area contributed by atoms with Gasteiger partial charge in [0.1, 0.15) is 5.00 Å². The van der Waals surface area contributed by atoms with Crippen LogP contribution in [0.2, 0.25) is 0 Å². The van der Waals surface area contributed by atoms with Crippen LogP contribution in [0.1, 0.15) is 66.9 Å². The van der Waals surface area contributed by atoms with E-state index in [1.165, 1.54) is 23.1 Å². The van der Waals surface area contributed by atoms with Crippen LogP contribution in [0.5, 0.6) is 0 Å². The van der Waals surface area contributed by atoms with Crippen LogP contribution in [0.3, 0.4) is 0 Å². The van der Waals surface area contributed by atoms with Crippen LogP contribution in [-0.2, 0) is 9.53 Å². The molecule has 0 radical (unpaired) electrons. The second-order valence-electron chi connectivity index (χ2n) is 7.02. The normalized spacial score (nSPS) is 14.8. The number of ether oxygens (including phenoxy) is 1. The zero-order valence-electron chi connectivity index (χ0n) is 17.1. The van der Waals surface area contributed by atoms with Gasteiger partial charge >= 0.3 is 5.97 Å². The molecule has 2 heterocycles. The summed E-state index contributed by atoms with van der Waals surface area (Å²) in [5.41, 5.74) is 1.47. The SMILES string of the molecule is CCOC(=O)c1c(C2CC2)csc1NC(=O)CSc1nnc([C@@H](CC)N(C)C)o1. The third-order valence-electron chi connectivity index (χ3n) is 4.61. The maximum atomic E-state index is 12.4. The topological polar surface area (TPSA) is 97.6 Å². The van der Waals surface area contributed by atoms with E-state index in [9.17, 15) is 9.59 Å². The number of rotatable bonds is 10. The van der Waals surface area contributed by atoms with Crippen LogP contribution in [0, 0.1) is 0 Å². The lowest BCUT2D eigenvalue weighted by molar-refractivity contribution is -0.113. The molecule has 0 unspecified atom stereocenters. The van der Waals surface area contributed by atoms with Crippen LogP contribution in [-0.4, -0.2) is 53.4 Å². The molecular formula is C19H26N4O4S2. The van der Waals surface area contributed by atoms with Crippen LogP contribution in [0.25, 0.3) is 0 Å². The van der Waals surface area contributed by atoms with Crippen LogP contribution in [0.15, 0.2) is 15.0 Å². The predicted octanol–water partition coefficient (Wildman–Crippen LogP) is 3.93. The Morgan fingerprint density at radius 1 is 1.38 bits per heavy atom. The van der Waals surface area contributed by atoms with Gasteiger partial charge in [0.25, 0.3) is 5.22 Å². The molecular weight excluding hydrogens is 412 g/mol. The Labute approximate surface area is 178 Å². The van der Waals surface area contributed by atoms with E-state index >= 15 is 0 Å². The number of hydrogen-bond donors (Lipinski definition) is 1. The summed E-state index contributed by atoms with van der Waals surface area (Å²) < 4.78 is 10.9. The highest BCUT2D eigenvalue weighted by Crippen LogP contribution is 2.46. The Morgan fingerprint density at radius 3 is 2.76 bits per heavy atom. The van der Waals surface area contributed by atoms with Gasteiger partial charge < -0.3 is 14.5 Å². The van der Waals surface area contributed by atoms with Crippen molar-refractivity contribution in [3.8, 4) is 0 Å². The fourth-order valence-electron chi connectivity index (χ4n) is 3.04. The fraction of sp³-hybridized carbons (Fsp3) is 0.579. The molecule has 10 heteroatoms. The van der Waals surface area contributed by atoms with E-state index in [1.54, 1.807) is 6.92 Å². The van der Waals surface area contributed by atoms with Gasteiger partial charge in [0.05, 0.1) is 24.0 Å². The average Bonchev–Trinajstić information content (AvgIpc) is 3.27. The van der Waals surface area contributed by atoms with Gasteiger partial charge in [-0.15, -0.1) is 21.5 Å². The van der Waals surface area contributed by atoms with Gasteiger partial charge in [-0.3, -0.25) is 9.69 Å². The Kier molecular flexibility index (Phi) is 7.31. The van der Waals surface area contributed by atoms with Crippen molar-refractivity contribution in [1.82, 2.24) is 15.1 Å². The molecule has 1 fully saturated rings. The molecule has 0 bridgehead atoms. The summed E-state index contributed by atoms with van der Waals surface area (Å²) >= 11 is 2.54.